The summed E-state index contributed by atoms with van der Waals surface area (Å²) in [6.45, 7) is 7.18. The quantitative estimate of drug-likeness (QED) is 0.799. The van der Waals surface area contributed by atoms with Gasteiger partial charge in [-0.15, -0.1) is 11.8 Å². The largest absolute Gasteiger partial charge is 0.377 e. The van der Waals surface area contributed by atoms with Gasteiger partial charge in [0.2, 0.25) is 0 Å². The van der Waals surface area contributed by atoms with Crippen LogP contribution in [0.4, 0.5) is 0 Å². The fourth-order valence-electron chi connectivity index (χ4n) is 2.21. The molecule has 0 spiro atoms. The standard InChI is InChI=1S/C15H22ClNOS/c1-3-7-17-10-12-4-5-13(16)9-15(12)19-14-6-8-18-11(14)2/h4-5,9,11,14,17H,3,6-8,10H2,1-2H3. The Kier molecular flexibility index (Phi) is 6.02. The van der Waals surface area contributed by atoms with E-state index in [9.17, 15) is 0 Å². The topological polar surface area (TPSA) is 21.3 Å². The Labute approximate surface area is 125 Å². The molecule has 0 saturated carbocycles. The van der Waals surface area contributed by atoms with Gasteiger partial charge in [-0.05, 0) is 44.0 Å². The van der Waals surface area contributed by atoms with Crippen molar-refractivity contribution in [1.82, 2.24) is 5.32 Å². The number of hydrogen-bond donors (Lipinski definition) is 1. The molecule has 1 fully saturated rings. The first-order valence-corrected chi connectivity index (χ1v) is 8.24. The molecule has 0 bridgehead atoms. The van der Waals surface area contributed by atoms with Crippen LogP contribution in [0.25, 0.3) is 0 Å². The molecule has 2 rings (SSSR count). The van der Waals surface area contributed by atoms with Crippen LogP contribution < -0.4 is 5.32 Å². The molecule has 106 valence electrons. The number of nitrogens with one attached hydrogen (secondary N) is 1. The van der Waals surface area contributed by atoms with E-state index >= 15 is 0 Å². The molecule has 2 atom stereocenters. The summed E-state index contributed by atoms with van der Waals surface area (Å²) in [5.41, 5.74) is 1.34. The van der Waals surface area contributed by atoms with Crippen molar-refractivity contribution < 1.29 is 4.74 Å². The van der Waals surface area contributed by atoms with E-state index in [0.29, 0.717) is 11.4 Å². The number of ether oxygens (including phenoxy) is 1. The predicted octanol–water partition coefficient (Wildman–Crippen LogP) is 4.11. The molecular weight excluding hydrogens is 278 g/mol. The van der Waals surface area contributed by atoms with Gasteiger partial charge in [0.05, 0.1) is 6.10 Å². The Morgan fingerprint density at radius 3 is 3.00 bits per heavy atom. The van der Waals surface area contributed by atoms with Gasteiger partial charge >= 0.3 is 0 Å². The Morgan fingerprint density at radius 2 is 2.32 bits per heavy atom. The van der Waals surface area contributed by atoms with E-state index in [0.717, 1.165) is 37.6 Å². The van der Waals surface area contributed by atoms with E-state index in [1.165, 1.54) is 10.5 Å². The van der Waals surface area contributed by atoms with E-state index in [-0.39, 0.29) is 0 Å². The Morgan fingerprint density at radius 1 is 1.47 bits per heavy atom. The van der Waals surface area contributed by atoms with Crippen molar-refractivity contribution in [1.29, 1.82) is 0 Å². The number of hydrogen-bond acceptors (Lipinski definition) is 3. The molecule has 0 aliphatic carbocycles. The first kappa shape index (κ1) is 15.2. The fraction of sp³-hybridized carbons (Fsp3) is 0.600. The third kappa shape index (κ3) is 4.38. The van der Waals surface area contributed by atoms with Crippen LogP contribution >= 0.6 is 23.4 Å². The van der Waals surface area contributed by atoms with E-state index in [4.69, 9.17) is 16.3 Å². The summed E-state index contributed by atoms with van der Waals surface area (Å²) in [7, 11) is 0. The van der Waals surface area contributed by atoms with Crippen molar-refractivity contribution in [2.24, 2.45) is 0 Å². The van der Waals surface area contributed by atoms with E-state index in [1.54, 1.807) is 0 Å². The van der Waals surface area contributed by atoms with Crippen LogP contribution in [0.1, 0.15) is 32.3 Å². The van der Waals surface area contributed by atoms with Crippen LogP contribution in [0.2, 0.25) is 5.02 Å². The first-order valence-electron chi connectivity index (χ1n) is 6.98. The Hall–Kier alpha value is -0.220. The summed E-state index contributed by atoms with van der Waals surface area (Å²) in [4.78, 5) is 1.29. The zero-order valence-electron chi connectivity index (χ0n) is 11.6. The zero-order valence-corrected chi connectivity index (χ0v) is 13.2. The molecule has 1 heterocycles. The molecule has 1 saturated heterocycles. The lowest BCUT2D eigenvalue weighted by molar-refractivity contribution is 0.127. The minimum Gasteiger partial charge on any atom is -0.377 e. The maximum absolute atomic E-state index is 6.13. The summed E-state index contributed by atoms with van der Waals surface area (Å²) in [5.74, 6) is 0. The van der Waals surface area contributed by atoms with Crippen LogP contribution in [0.3, 0.4) is 0 Å². The van der Waals surface area contributed by atoms with Crippen LogP contribution in [0.5, 0.6) is 0 Å². The van der Waals surface area contributed by atoms with Crippen LogP contribution in [0.15, 0.2) is 23.1 Å². The van der Waals surface area contributed by atoms with Crippen LogP contribution in [0, 0.1) is 0 Å². The highest BCUT2D eigenvalue weighted by Crippen LogP contribution is 2.35. The molecule has 0 aromatic heterocycles. The normalized spacial score (nSPS) is 22.9. The molecule has 2 nitrogen and oxygen atoms in total. The fourth-order valence-corrected chi connectivity index (χ4v) is 3.75. The molecule has 19 heavy (non-hydrogen) atoms. The van der Waals surface area contributed by atoms with Crippen molar-refractivity contribution in [3.05, 3.63) is 28.8 Å². The van der Waals surface area contributed by atoms with Crippen LogP contribution in [-0.4, -0.2) is 24.5 Å². The zero-order chi connectivity index (χ0) is 13.7. The minimum absolute atomic E-state index is 0.334. The molecule has 0 radical (unpaired) electrons. The van der Waals surface area contributed by atoms with Crippen molar-refractivity contribution in [2.75, 3.05) is 13.2 Å². The third-order valence-electron chi connectivity index (χ3n) is 3.36. The molecular formula is C15H22ClNOS. The van der Waals surface area contributed by atoms with E-state index in [1.807, 2.05) is 17.8 Å². The summed E-state index contributed by atoms with van der Waals surface area (Å²) in [5, 5.41) is 4.82. The van der Waals surface area contributed by atoms with Crippen molar-refractivity contribution >= 4 is 23.4 Å². The third-order valence-corrected chi connectivity index (χ3v) is 5.15. The molecule has 0 amide bonds. The molecule has 1 aromatic rings. The summed E-state index contributed by atoms with van der Waals surface area (Å²) in [6, 6.07) is 6.19. The summed E-state index contributed by atoms with van der Waals surface area (Å²) >= 11 is 8.04. The monoisotopic (exact) mass is 299 g/mol. The number of halogens is 1. The lowest BCUT2D eigenvalue weighted by Crippen LogP contribution is -2.16. The summed E-state index contributed by atoms with van der Waals surface area (Å²) in [6.07, 6.45) is 2.62. The second-order valence-corrected chi connectivity index (χ2v) is 6.67. The minimum atomic E-state index is 0.334. The van der Waals surface area contributed by atoms with Gasteiger partial charge in [-0.25, -0.2) is 0 Å². The lowest BCUT2D eigenvalue weighted by Gasteiger charge is -2.17. The first-order chi connectivity index (χ1) is 9.20. The lowest BCUT2D eigenvalue weighted by atomic mass is 10.2. The number of rotatable bonds is 6. The van der Waals surface area contributed by atoms with Crippen molar-refractivity contribution in [3.63, 3.8) is 0 Å². The molecule has 4 heteroatoms. The average Bonchev–Trinajstić information content (AvgIpc) is 2.78. The average molecular weight is 300 g/mol. The second-order valence-electron chi connectivity index (χ2n) is 4.95. The molecule has 1 aliphatic heterocycles. The van der Waals surface area contributed by atoms with Gasteiger partial charge in [0.25, 0.3) is 0 Å². The predicted molar refractivity (Wildman–Crippen MR) is 83.1 cm³/mol. The summed E-state index contributed by atoms with van der Waals surface area (Å²) < 4.78 is 5.64. The Bertz CT molecular complexity index is 413. The maximum Gasteiger partial charge on any atom is 0.0669 e. The van der Waals surface area contributed by atoms with Gasteiger partial charge in [0.15, 0.2) is 0 Å². The SMILES string of the molecule is CCCNCc1ccc(Cl)cc1SC1CCOC1C. The van der Waals surface area contributed by atoms with Gasteiger partial charge in [-0.1, -0.05) is 24.6 Å². The highest BCUT2D eigenvalue weighted by atomic mass is 35.5. The van der Waals surface area contributed by atoms with Crippen molar-refractivity contribution in [2.45, 2.75) is 49.5 Å². The van der Waals surface area contributed by atoms with Crippen LogP contribution in [-0.2, 0) is 11.3 Å². The molecule has 1 N–H and O–H groups in total. The van der Waals surface area contributed by atoms with Gasteiger partial charge in [-0.2, -0.15) is 0 Å². The Balaban J connectivity index is 2.05. The van der Waals surface area contributed by atoms with Gasteiger partial charge < -0.3 is 10.1 Å². The smallest absolute Gasteiger partial charge is 0.0669 e. The van der Waals surface area contributed by atoms with Gasteiger partial charge in [-0.3, -0.25) is 0 Å². The van der Waals surface area contributed by atoms with E-state index < -0.39 is 0 Å². The number of thioether (sulfide) groups is 1. The van der Waals surface area contributed by atoms with Gasteiger partial charge in [0.1, 0.15) is 0 Å². The van der Waals surface area contributed by atoms with Gasteiger partial charge in [0, 0.05) is 28.3 Å². The number of benzene rings is 1. The molecule has 2 unspecified atom stereocenters. The van der Waals surface area contributed by atoms with E-state index in [2.05, 4.69) is 31.3 Å². The second kappa shape index (κ2) is 7.53. The van der Waals surface area contributed by atoms with Crippen molar-refractivity contribution in [3.8, 4) is 0 Å². The maximum atomic E-state index is 6.13. The molecule has 1 aromatic carbocycles. The molecule has 1 aliphatic rings. The highest BCUT2D eigenvalue weighted by molar-refractivity contribution is 8.00. The highest BCUT2D eigenvalue weighted by Gasteiger charge is 2.25.